The fourth-order valence-corrected chi connectivity index (χ4v) is 2.94. The molecule has 0 fully saturated rings. The summed E-state index contributed by atoms with van der Waals surface area (Å²) in [6.07, 6.45) is 1.05. The van der Waals surface area contributed by atoms with Gasteiger partial charge < -0.3 is 10.2 Å². The number of hydrogen-bond acceptors (Lipinski definition) is 4. The van der Waals surface area contributed by atoms with Crippen LogP contribution >= 0.6 is 0 Å². The van der Waals surface area contributed by atoms with Crippen LogP contribution < -0.4 is 0 Å². The Balaban J connectivity index is 0.000000563. The quantitative estimate of drug-likeness (QED) is 0.278. The van der Waals surface area contributed by atoms with E-state index in [0.29, 0.717) is 17.7 Å². The molecule has 0 radical (unpaired) electrons. The number of aliphatic hydroxyl groups excluding tert-OH is 2. The van der Waals surface area contributed by atoms with E-state index >= 15 is 0 Å². The summed E-state index contributed by atoms with van der Waals surface area (Å²) in [6, 6.07) is 11.0. The summed E-state index contributed by atoms with van der Waals surface area (Å²) in [5.74, 6) is -0.113. The number of Topliss-reactive ketones (excluding diaryl/α,β-unsaturated/α-hetero) is 2. The van der Waals surface area contributed by atoms with E-state index < -0.39 is 0 Å². The molecular weight excluding hydrogens is 460 g/mol. The summed E-state index contributed by atoms with van der Waals surface area (Å²) in [4.78, 5) is 22.7. The van der Waals surface area contributed by atoms with Gasteiger partial charge in [-0.1, -0.05) is 88.1 Å². The van der Waals surface area contributed by atoms with E-state index in [-0.39, 0.29) is 22.7 Å². The minimum Gasteiger partial charge on any atom is -0.508 e. The van der Waals surface area contributed by atoms with E-state index in [2.05, 4.69) is 33.2 Å². The Labute approximate surface area is 223 Å². The SMILES string of the molecule is C=C(C)c1ccc(C(C)=O)c(C(=C)C)c1.C=C(C)c1ccc(C(C)=O)c(C(=C)O)c1.CCC(C)(C)CO. The Morgan fingerprint density at radius 3 is 1.32 bits per heavy atom. The molecule has 0 unspecified atom stereocenters. The van der Waals surface area contributed by atoms with Crippen molar-refractivity contribution in [3.63, 3.8) is 0 Å². The van der Waals surface area contributed by atoms with Crippen molar-refractivity contribution in [2.24, 2.45) is 5.41 Å². The Bertz CT molecular complexity index is 1090. The molecule has 0 saturated heterocycles. The first kappa shape index (κ1) is 33.5. The molecule has 0 aromatic heterocycles. The van der Waals surface area contributed by atoms with Crippen LogP contribution in [0, 0.1) is 5.41 Å². The van der Waals surface area contributed by atoms with Crippen molar-refractivity contribution >= 4 is 34.0 Å². The van der Waals surface area contributed by atoms with E-state index in [1.54, 1.807) is 19.1 Å². The lowest BCUT2D eigenvalue weighted by Crippen LogP contribution is -2.14. The third kappa shape index (κ3) is 11.0. The molecule has 0 saturated carbocycles. The zero-order chi connectivity index (χ0) is 29.1. The Kier molecular flexibility index (Phi) is 13.5. The number of carbonyl (C=O) groups excluding carboxylic acids is 2. The van der Waals surface area contributed by atoms with Crippen molar-refractivity contribution in [2.45, 2.75) is 61.8 Å². The molecule has 200 valence electrons. The first-order valence-electron chi connectivity index (χ1n) is 12.3. The number of benzene rings is 2. The van der Waals surface area contributed by atoms with Crippen molar-refractivity contribution in [3.05, 3.63) is 96.1 Å². The summed E-state index contributed by atoms with van der Waals surface area (Å²) in [5.41, 5.74) is 7.47. The van der Waals surface area contributed by atoms with Gasteiger partial charge in [0.2, 0.25) is 0 Å². The molecule has 0 bridgehead atoms. The molecule has 0 spiro atoms. The molecule has 0 atom stereocenters. The third-order valence-corrected chi connectivity index (χ3v) is 5.94. The highest BCUT2D eigenvalue weighted by molar-refractivity contribution is 5.99. The normalized spacial score (nSPS) is 10.2. The lowest BCUT2D eigenvalue weighted by molar-refractivity contribution is 0.100. The number of ketones is 2. The number of allylic oxidation sites excluding steroid dienone is 3. The third-order valence-electron chi connectivity index (χ3n) is 5.94. The number of aliphatic hydroxyl groups is 2. The highest BCUT2D eigenvalue weighted by Gasteiger charge is 2.12. The molecule has 0 aliphatic rings. The predicted molar refractivity (Wildman–Crippen MR) is 160 cm³/mol. The van der Waals surface area contributed by atoms with Crippen LogP contribution in [0.1, 0.15) is 105 Å². The van der Waals surface area contributed by atoms with Gasteiger partial charge in [0, 0.05) is 23.3 Å². The number of hydrogen-bond donors (Lipinski definition) is 2. The van der Waals surface area contributed by atoms with Crippen molar-refractivity contribution < 1.29 is 19.8 Å². The van der Waals surface area contributed by atoms with Gasteiger partial charge in [-0.05, 0) is 75.3 Å². The minimum atomic E-state index is -0.0942. The highest BCUT2D eigenvalue weighted by atomic mass is 16.3. The maximum Gasteiger partial charge on any atom is 0.160 e. The van der Waals surface area contributed by atoms with Gasteiger partial charge in [0.05, 0.1) is 0 Å². The van der Waals surface area contributed by atoms with Gasteiger partial charge in [0.25, 0.3) is 0 Å². The Morgan fingerprint density at radius 1 is 0.703 bits per heavy atom. The van der Waals surface area contributed by atoms with Gasteiger partial charge in [-0.2, -0.15) is 0 Å². The van der Waals surface area contributed by atoms with Crippen molar-refractivity contribution in [3.8, 4) is 0 Å². The van der Waals surface area contributed by atoms with E-state index in [4.69, 9.17) is 5.11 Å². The molecule has 2 N–H and O–H groups in total. The van der Waals surface area contributed by atoms with Crippen LogP contribution in [0.5, 0.6) is 0 Å². The maximum absolute atomic E-state index is 11.4. The molecule has 2 aromatic carbocycles. The van der Waals surface area contributed by atoms with Gasteiger partial charge in [-0.3, -0.25) is 9.59 Å². The van der Waals surface area contributed by atoms with Crippen molar-refractivity contribution in [2.75, 3.05) is 6.61 Å². The van der Waals surface area contributed by atoms with Gasteiger partial charge in [-0.25, -0.2) is 0 Å². The van der Waals surface area contributed by atoms with Crippen molar-refractivity contribution in [1.29, 1.82) is 0 Å². The fourth-order valence-electron chi connectivity index (χ4n) is 2.94. The standard InChI is InChI=1S/C14H16O.C13H14O2.C6H14O/c1-9(2)12-6-7-13(11(5)15)14(8-12)10(3)4;1-8(2)11-5-6-12(9(3)14)13(7-11)10(4)15;1-4-6(2,3)5-7/h6-8H,1,3H2,2,4-5H3;5-7,15H,1,4H2,2-3H3;7H,4-5H2,1-3H3. The highest BCUT2D eigenvalue weighted by Crippen LogP contribution is 2.23. The van der Waals surface area contributed by atoms with Crippen LogP contribution in [0.3, 0.4) is 0 Å². The largest absolute Gasteiger partial charge is 0.508 e. The second kappa shape index (κ2) is 14.9. The lowest BCUT2D eigenvalue weighted by Gasteiger charge is -2.17. The molecule has 0 aliphatic heterocycles. The van der Waals surface area contributed by atoms with E-state index in [1.165, 1.54) is 6.92 Å². The maximum atomic E-state index is 11.4. The second-order valence-electron chi connectivity index (χ2n) is 10.1. The van der Waals surface area contributed by atoms with Gasteiger partial charge in [-0.15, -0.1) is 0 Å². The van der Waals surface area contributed by atoms with E-state index in [1.807, 2.05) is 58.9 Å². The smallest absolute Gasteiger partial charge is 0.160 e. The number of rotatable bonds is 8. The minimum absolute atomic E-state index is 0.0706. The summed E-state index contributed by atoms with van der Waals surface area (Å²) < 4.78 is 0. The van der Waals surface area contributed by atoms with Crippen LogP contribution in [0.15, 0.2) is 62.7 Å². The van der Waals surface area contributed by atoms with Crippen LogP contribution in [-0.2, 0) is 0 Å². The summed E-state index contributed by atoms with van der Waals surface area (Å²) in [5, 5.41) is 18.0. The van der Waals surface area contributed by atoms with Crippen LogP contribution in [0.4, 0.5) is 0 Å². The first-order valence-corrected chi connectivity index (χ1v) is 12.3. The molecule has 0 aliphatic carbocycles. The zero-order valence-electron chi connectivity index (χ0n) is 23.9. The van der Waals surface area contributed by atoms with Crippen LogP contribution in [0.2, 0.25) is 0 Å². The topological polar surface area (TPSA) is 74.6 Å². The summed E-state index contributed by atoms with van der Waals surface area (Å²) in [7, 11) is 0. The number of carbonyl (C=O) groups is 2. The Morgan fingerprint density at radius 2 is 1.08 bits per heavy atom. The van der Waals surface area contributed by atoms with Crippen LogP contribution in [0.25, 0.3) is 22.5 Å². The monoisotopic (exact) mass is 504 g/mol. The van der Waals surface area contributed by atoms with E-state index in [9.17, 15) is 14.7 Å². The second-order valence-corrected chi connectivity index (χ2v) is 10.1. The molecule has 37 heavy (non-hydrogen) atoms. The van der Waals surface area contributed by atoms with Gasteiger partial charge >= 0.3 is 0 Å². The molecule has 2 aromatic rings. The molecule has 0 heterocycles. The van der Waals surface area contributed by atoms with Gasteiger partial charge in [0.1, 0.15) is 5.76 Å². The van der Waals surface area contributed by atoms with Gasteiger partial charge in [0.15, 0.2) is 11.6 Å². The first-order chi connectivity index (χ1) is 17.0. The molecule has 4 nitrogen and oxygen atoms in total. The van der Waals surface area contributed by atoms with Crippen LogP contribution in [-0.4, -0.2) is 28.4 Å². The summed E-state index contributed by atoms with van der Waals surface area (Å²) in [6.45, 7) is 30.2. The molecular formula is C33H44O4. The van der Waals surface area contributed by atoms with Crippen molar-refractivity contribution in [1.82, 2.24) is 0 Å². The fraction of sp³-hybridized carbons (Fsp3) is 0.333. The lowest BCUT2D eigenvalue weighted by atomic mass is 9.92. The average Bonchev–Trinajstić information content (AvgIpc) is 2.83. The molecule has 2 rings (SSSR count). The summed E-state index contributed by atoms with van der Waals surface area (Å²) >= 11 is 0. The zero-order valence-corrected chi connectivity index (χ0v) is 23.9. The van der Waals surface area contributed by atoms with E-state index in [0.717, 1.165) is 45.4 Å². The predicted octanol–water partition coefficient (Wildman–Crippen LogP) is 8.82. The molecule has 0 amide bonds. The average molecular weight is 505 g/mol. The molecule has 4 heteroatoms. The Hall–Kier alpha value is -3.50.